The Hall–Kier alpha value is -3.87. The van der Waals surface area contributed by atoms with Gasteiger partial charge in [-0.15, -0.1) is 0 Å². The lowest BCUT2D eigenvalue weighted by atomic mass is 10.1. The van der Waals surface area contributed by atoms with Crippen molar-refractivity contribution < 1.29 is 13.9 Å². The van der Waals surface area contributed by atoms with Gasteiger partial charge in [0.15, 0.2) is 0 Å². The number of aromatic nitrogens is 2. The minimum Gasteiger partial charge on any atom is -0.494 e. The number of amides is 1. The van der Waals surface area contributed by atoms with Crippen LogP contribution in [-0.2, 0) is 6.54 Å². The van der Waals surface area contributed by atoms with Crippen molar-refractivity contribution in [3.63, 3.8) is 0 Å². The van der Waals surface area contributed by atoms with Gasteiger partial charge in [-0.2, -0.15) is 5.10 Å². The van der Waals surface area contributed by atoms with Gasteiger partial charge in [0.1, 0.15) is 11.3 Å². The first kappa shape index (κ1) is 21.4. The summed E-state index contributed by atoms with van der Waals surface area (Å²) in [6.45, 7) is 8.79. The van der Waals surface area contributed by atoms with Crippen LogP contribution < -0.4 is 15.7 Å². The highest BCUT2D eigenvalue weighted by atomic mass is 16.5. The summed E-state index contributed by atoms with van der Waals surface area (Å²) in [6.07, 6.45) is 0. The van der Waals surface area contributed by atoms with E-state index in [0.29, 0.717) is 41.3 Å². The second kappa shape index (κ2) is 8.70. The van der Waals surface area contributed by atoms with Gasteiger partial charge < -0.3 is 14.5 Å². The molecule has 0 atom stereocenters. The van der Waals surface area contributed by atoms with E-state index in [0.717, 1.165) is 11.3 Å². The summed E-state index contributed by atoms with van der Waals surface area (Å²) in [5, 5.41) is 8.09. The normalized spacial score (nSPS) is 11.0. The summed E-state index contributed by atoms with van der Waals surface area (Å²) < 4.78 is 12.6. The van der Waals surface area contributed by atoms with Crippen LogP contribution in [0.15, 0.2) is 57.7 Å². The lowest BCUT2D eigenvalue weighted by molar-refractivity contribution is 0.102. The van der Waals surface area contributed by atoms with Crippen LogP contribution in [0.4, 0.5) is 5.69 Å². The molecule has 0 saturated heterocycles. The zero-order valence-corrected chi connectivity index (χ0v) is 18.6. The van der Waals surface area contributed by atoms with Gasteiger partial charge >= 0.3 is 5.63 Å². The average Bonchev–Trinajstić information content (AvgIpc) is 3.02. The molecule has 0 radical (unpaired) electrons. The number of benzene rings is 2. The molecule has 0 aliphatic rings. The number of hydrogen-bond acceptors (Lipinski definition) is 5. The first-order valence-corrected chi connectivity index (χ1v) is 10.5. The fourth-order valence-corrected chi connectivity index (χ4v) is 3.75. The molecule has 2 aromatic carbocycles. The topological polar surface area (TPSA) is 86.4 Å². The number of carbonyl (C=O) groups is 1. The number of ether oxygens (including phenoxy) is 1. The predicted octanol–water partition coefficient (Wildman–Crippen LogP) is 4.61. The van der Waals surface area contributed by atoms with Crippen LogP contribution in [0.5, 0.6) is 5.75 Å². The van der Waals surface area contributed by atoms with Crippen molar-refractivity contribution in [2.75, 3.05) is 11.9 Å². The number of nitrogens with one attached hydrogen (secondary N) is 1. The van der Waals surface area contributed by atoms with Gasteiger partial charge in [0.25, 0.3) is 5.91 Å². The fraction of sp³-hybridized carbons (Fsp3) is 0.240. The second-order valence-corrected chi connectivity index (χ2v) is 7.65. The smallest absolute Gasteiger partial charge is 0.337 e. The van der Waals surface area contributed by atoms with E-state index in [2.05, 4.69) is 29.5 Å². The van der Waals surface area contributed by atoms with E-state index in [1.807, 2.05) is 37.6 Å². The number of aryl methyl sites for hydroxylation is 2. The average molecular weight is 431 g/mol. The summed E-state index contributed by atoms with van der Waals surface area (Å²) in [4.78, 5) is 25.3. The van der Waals surface area contributed by atoms with Gasteiger partial charge in [0.2, 0.25) is 0 Å². The molecule has 0 aliphatic carbocycles. The Balaban J connectivity index is 1.66. The largest absolute Gasteiger partial charge is 0.494 e. The van der Waals surface area contributed by atoms with Crippen molar-refractivity contribution in [3.8, 4) is 5.75 Å². The number of fused-ring (bicyclic) bond motifs is 1. The molecule has 7 heteroatoms. The first-order valence-electron chi connectivity index (χ1n) is 10.5. The van der Waals surface area contributed by atoms with E-state index in [1.165, 1.54) is 11.6 Å². The molecule has 0 aliphatic heterocycles. The summed E-state index contributed by atoms with van der Waals surface area (Å²) in [6, 6.07) is 14.4. The molecular formula is C25H25N3O4. The minimum absolute atomic E-state index is 0.241. The molecule has 4 aromatic rings. The third kappa shape index (κ3) is 4.14. The molecule has 0 bridgehead atoms. The van der Waals surface area contributed by atoms with Crippen LogP contribution in [0.1, 0.15) is 39.8 Å². The Morgan fingerprint density at radius 2 is 1.91 bits per heavy atom. The zero-order valence-electron chi connectivity index (χ0n) is 18.6. The van der Waals surface area contributed by atoms with E-state index < -0.39 is 11.5 Å². The van der Waals surface area contributed by atoms with Gasteiger partial charge in [0.05, 0.1) is 35.8 Å². The van der Waals surface area contributed by atoms with Crippen LogP contribution >= 0.6 is 0 Å². The molecule has 0 fully saturated rings. The molecule has 7 nitrogen and oxygen atoms in total. The van der Waals surface area contributed by atoms with Gasteiger partial charge in [-0.3, -0.25) is 9.48 Å². The number of anilines is 1. The number of carbonyl (C=O) groups excluding carboxylic acids is 1. The van der Waals surface area contributed by atoms with Crippen molar-refractivity contribution in [1.82, 2.24) is 9.78 Å². The third-order valence-electron chi connectivity index (χ3n) is 5.47. The number of rotatable bonds is 6. The maximum absolute atomic E-state index is 13.2. The molecule has 0 spiro atoms. The van der Waals surface area contributed by atoms with Crippen molar-refractivity contribution >= 4 is 22.6 Å². The van der Waals surface area contributed by atoms with Crippen LogP contribution in [-0.4, -0.2) is 22.3 Å². The minimum atomic E-state index is -0.597. The molecule has 4 rings (SSSR count). The summed E-state index contributed by atoms with van der Waals surface area (Å²) in [7, 11) is 0. The van der Waals surface area contributed by atoms with Crippen molar-refractivity contribution in [2.24, 2.45) is 0 Å². The van der Waals surface area contributed by atoms with Gasteiger partial charge in [-0.1, -0.05) is 24.3 Å². The van der Waals surface area contributed by atoms with Crippen LogP contribution in [0.3, 0.4) is 0 Å². The predicted molar refractivity (Wildman–Crippen MR) is 124 cm³/mol. The molecule has 1 amide bonds. The molecule has 2 aromatic heterocycles. The zero-order chi connectivity index (χ0) is 22.8. The van der Waals surface area contributed by atoms with Crippen molar-refractivity contribution in [1.29, 1.82) is 0 Å². The molecule has 2 heterocycles. The quantitative estimate of drug-likeness (QED) is 0.451. The maximum atomic E-state index is 13.2. The highest BCUT2D eigenvalue weighted by Gasteiger charge is 2.19. The van der Waals surface area contributed by atoms with Crippen molar-refractivity contribution in [2.45, 2.75) is 34.2 Å². The first-order chi connectivity index (χ1) is 15.4. The third-order valence-corrected chi connectivity index (χ3v) is 5.47. The van der Waals surface area contributed by atoms with Crippen LogP contribution in [0.2, 0.25) is 0 Å². The van der Waals surface area contributed by atoms with Gasteiger partial charge in [-0.05, 0) is 51.0 Å². The Bertz CT molecular complexity index is 1370. The summed E-state index contributed by atoms with van der Waals surface area (Å²) >= 11 is 0. The van der Waals surface area contributed by atoms with Crippen LogP contribution in [0, 0.1) is 20.8 Å². The Kier molecular flexibility index (Phi) is 5.81. The monoisotopic (exact) mass is 431 g/mol. The number of nitrogens with zero attached hydrogens (tertiary/aromatic N) is 2. The highest BCUT2D eigenvalue weighted by Crippen LogP contribution is 2.26. The van der Waals surface area contributed by atoms with E-state index in [-0.39, 0.29) is 5.56 Å². The molecule has 1 N–H and O–H groups in total. The Labute approximate surface area is 185 Å². The molecule has 0 saturated carbocycles. The summed E-state index contributed by atoms with van der Waals surface area (Å²) in [5.41, 5.74) is 4.46. The molecule has 0 unspecified atom stereocenters. The van der Waals surface area contributed by atoms with E-state index in [1.54, 1.807) is 18.2 Å². The van der Waals surface area contributed by atoms with Crippen LogP contribution in [0.25, 0.3) is 11.0 Å². The molecule has 32 heavy (non-hydrogen) atoms. The highest BCUT2D eigenvalue weighted by molar-refractivity contribution is 6.12. The van der Waals surface area contributed by atoms with E-state index in [4.69, 9.17) is 9.15 Å². The Morgan fingerprint density at radius 1 is 1.12 bits per heavy atom. The Morgan fingerprint density at radius 3 is 2.66 bits per heavy atom. The van der Waals surface area contributed by atoms with Crippen molar-refractivity contribution in [3.05, 3.63) is 87.0 Å². The lowest BCUT2D eigenvalue weighted by Gasteiger charge is -2.10. The summed E-state index contributed by atoms with van der Waals surface area (Å²) in [5.74, 6) is 0.179. The SMILES string of the molecule is CCOc1ccc2c(C(=O)Nc3c(C)nn(Cc4ccccc4C)c3C)cc(=O)oc2c1. The van der Waals surface area contributed by atoms with Gasteiger partial charge in [0, 0.05) is 17.5 Å². The van der Waals surface area contributed by atoms with Gasteiger partial charge in [-0.25, -0.2) is 4.79 Å². The maximum Gasteiger partial charge on any atom is 0.337 e. The standard InChI is InChI=1S/C25H25N3O4/c1-5-31-19-10-11-20-21(13-23(29)32-22(20)12-19)25(30)26-24-16(3)27-28(17(24)4)14-18-9-7-6-8-15(18)2/h6-13H,5,14H2,1-4H3,(H,26,30). The molecule has 164 valence electrons. The second-order valence-electron chi connectivity index (χ2n) is 7.65. The molecular weight excluding hydrogens is 406 g/mol. The number of hydrogen-bond donors (Lipinski definition) is 1. The fourth-order valence-electron chi connectivity index (χ4n) is 3.75. The van der Waals surface area contributed by atoms with E-state index >= 15 is 0 Å². The van der Waals surface area contributed by atoms with E-state index in [9.17, 15) is 9.59 Å². The lowest BCUT2D eigenvalue weighted by Crippen LogP contribution is -2.16.